The summed E-state index contributed by atoms with van der Waals surface area (Å²) in [7, 11) is -0.862. The van der Waals surface area contributed by atoms with Crippen LogP contribution in [0.25, 0.3) is 0 Å². The van der Waals surface area contributed by atoms with Crippen LogP contribution < -0.4 is 0 Å². The summed E-state index contributed by atoms with van der Waals surface area (Å²) in [6, 6.07) is -0.127. The molecule has 1 aliphatic heterocycles. The average molecular weight is 262 g/mol. The fraction of sp³-hybridized carbons (Fsp3) is 0.800. The number of hydrogen-bond donors (Lipinski definition) is 2. The van der Waals surface area contributed by atoms with Gasteiger partial charge in [0, 0.05) is 41.4 Å². The van der Waals surface area contributed by atoms with Gasteiger partial charge in [0.05, 0.1) is 5.75 Å². The van der Waals surface area contributed by atoms with Gasteiger partial charge in [-0.1, -0.05) is 0 Å². The number of hydrogen-bond acceptors (Lipinski definition) is 4. The van der Waals surface area contributed by atoms with Crippen LogP contribution in [0, 0.1) is 4.78 Å². The van der Waals surface area contributed by atoms with Crippen LogP contribution >= 0.6 is 0 Å². The third kappa shape index (κ3) is 4.33. The molecule has 0 aromatic heterocycles. The van der Waals surface area contributed by atoms with Gasteiger partial charge < -0.3 is 10.0 Å². The van der Waals surface area contributed by atoms with Crippen molar-refractivity contribution < 1.29 is 18.9 Å². The maximum Gasteiger partial charge on any atom is 0.303 e. The molecule has 0 radical (unpaired) electrons. The van der Waals surface area contributed by atoms with E-state index in [9.17, 15) is 13.8 Å². The van der Waals surface area contributed by atoms with E-state index in [1.807, 2.05) is 0 Å². The smallest absolute Gasteiger partial charge is 0.303 e. The number of carbonyl (C=O) groups excluding carboxylic acids is 1. The molecule has 7 heteroatoms. The normalized spacial score (nSPS) is 27.9. The Kier molecular flexibility index (Phi) is 4.50. The van der Waals surface area contributed by atoms with Crippen molar-refractivity contribution in [2.75, 3.05) is 18.6 Å². The fourth-order valence-corrected chi connectivity index (χ4v) is 3.71. The number of rotatable bonds is 5. The third-order valence-electron chi connectivity index (χ3n) is 2.96. The van der Waals surface area contributed by atoms with Gasteiger partial charge >= 0.3 is 5.97 Å². The Balaban J connectivity index is 2.40. The Bertz CT molecular complexity index is 405. The van der Waals surface area contributed by atoms with Crippen LogP contribution in [-0.4, -0.2) is 50.7 Å². The summed E-state index contributed by atoms with van der Waals surface area (Å²) in [6.45, 7) is 0. The summed E-state index contributed by atoms with van der Waals surface area (Å²) in [5.74, 6) is -0.442. The van der Waals surface area contributed by atoms with Crippen LogP contribution in [0.5, 0.6) is 0 Å². The Labute approximate surface area is 101 Å². The first-order valence-electron chi connectivity index (χ1n) is 5.53. The molecule has 1 heterocycles. The zero-order valence-corrected chi connectivity index (χ0v) is 10.7. The predicted molar refractivity (Wildman–Crippen MR) is 63.3 cm³/mol. The van der Waals surface area contributed by atoms with Crippen molar-refractivity contribution in [1.29, 1.82) is 4.78 Å². The highest BCUT2D eigenvalue weighted by Crippen LogP contribution is 2.18. The van der Waals surface area contributed by atoms with Crippen LogP contribution in [0.15, 0.2) is 0 Å². The molecule has 2 atom stereocenters. The van der Waals surface area contributed by atoms with Crippen LogP contribution in [0.3, 0.4) is 0 Å². The van der Waals surface area contributed by atoms with Crippen LogP contribution in [0.2, 0.25) is 0 Å². The van der Waals surface area contributed by atoms with E-state index in [2.05, 4.69) is 0 Å². The molecule has 1 saturated heterocycles. The molecule has 1 amide bonds. The van der Waals surface area contributed by atoms with Crippen molar-refractivity contribution in [3.63, 3.8) is 0 Å². The zero-order chi connectivity index (χ0) is 13.1. The molecule has 1 rings (SSSR count). The number of aliphatic carboxylic acids is 1. The highest BCUT2D eigenvalue weighted by atomic mass is 32.2. The quantitative estimate of drug-likeness (QED) is 0.754. The number of nitrogens with one attached hydrogen (secondary N) is 1. The number of carboxylic acid groups (broad SMARTS) is 1. The minimum Gasteiger partial charge on any atom is -0.481 e. The molecule has 0 bridgehead atoms. The summed E-state index contributed by atoms with van der Waals surface area (Å²) >= 11 is 0. The predicted octanol–water partition coefficient (Wildman–Crippen LogP) is 0.519. The molecule has 98 valence electrons. The lowest BCUT2D eigenvalue weighted by molar-refractivity contribution is -0.137. The Hall–Kier alpha value is -1.11. The van der Waals surface area contributed by atoms with Gasteiger partial charge in [-0.3, -0.25) is 14.4 Å². The van der Waals surface area contributed by atoms with Crippen LogP contribution in [0.4, 0.5) is 0 Å². The van der Waals surface area contributed by atoms with E-state index < -0.39 is 15.7 Å². The summed E-state index contributed by atoms with van der Waals surface area (Å²) in [5, 5.41) is 8.46. The molecular weight excluding hydrogens is 244 g/mol. The molecule has 17 heavy (non-hydrogen) atoms. The first-order chi connectivity index (χ1) is 7.82. The summed E-state index contributed by atoms with van der Waals surface area (Å²) in [6.07, 6.45) is 1.10. The first kappa shape index (κ1) is 14.0. The number of nitrogens with zero attached hydrogens (tertiary/aromatic N) is 1. The molecule has 0 spiro atoms. The maximum absolute atomic E-state index is 11.7. The lowest BCUT2D eigenvalue weighted by Crippen LogP contribution is -2.37. The fourth-order valence-electron chi connectivity index (χ4n) is 1.88. The standard InChI is InChI=1S/C10H18N2O4S/c1-12(8-5-6-17(11,16)7-8)9(13)3-2-4-10(14)15/h8,11H,2-7H2,1H3,(H,14,15). The van der Waals surface area contributed by atoms with Crippen molar-refractivity contribution in [3.8, 4) is 0 Å². The second-order valence-electron chi connectivity index (χ2n) is 4.38. The van der Waals surface area contributed by atoms with Gasteiger partial charge in [-0.25, -0.2) is 4.21 Å². The summed E-state index contributed by atoms with van der Waals surface area (Å²) in [4.78, 5) is 23.5. The Morgan fingerprint density at radius 1 is 1.47 bits per heavy atom. The molecule has 0 saturated carbocycles. The number of carboxylic acids is 1. The lowest BCUT2D eigenvalue weighted by atomic mass is 10.2. The molecule has 1 aliphatic rings. The number of carbonyl (C=O) groups is 2. The minimum absolute atomic E-state index is 0.0145. The van der Waals surface area contributed by atoms with E-state index >= 15 is 0 Å². The topological polar surface area (TPSA) is 98.5 Å². The second-order valence-corrected chi connectivity index (χ2v) is 6.74. The first-order valence-corrected chi connectivity index (χ1v) is 7.43. The van der Waals surface area contributed by atoms with Crippen molar-refractivity contribution in [2.45, 2.75) is 31.7 Å². The van der Waals surface area contributed by atoms with Crippen molar-refractivity contribution in [1.82, 2.24) is 4.90 Å². The van der Waals surface area contributed by atoms with E-state index in [1.165, 1.54) is 4.90 Å². The molecule has 2 N–H and O–H groups in total. The maximum atomic E-state index is 11.7. The van der Waals surface area contributed by atoms with E-state index in [-0.39, 0.29) is 30.5 Å². The lowest BCUT2D eigenvalue weighted by Gasteiger charge is -2.23. The van der Waals surface area contributed by atoms with Gasteiger partial charge in [-0.2, -0.15) is 0 Å². The van der Waals surface area contributed by atoms with E-state index in [0.717, 1.165) is 0 Å². The largest absolute Gasteiger partial charge is 0.481 e. The van der Waals surface area contributed by atoms with E-state index in [1.54, 1.807) is 7.05 Å². The van der Waals surface area contributed by atoms with Gasteiger partial charge in [-0.15, -0.1) is 0 Å². The second kappa shape index (κ2) is 5.48. The molecule has 0 aromatic carbocycles. The van der Waals surface area contributed by atoms with E-state index in [4.69, 9.17) is 9.89 Å². The molecule has 2 unspecified atom stereocenters. The van der Waals surface area contributed by atoms with Crippen molar-refractivity contribution in [2.24, 2.45) is 0 Å². The van der Waals surface area contributed by atoms with Gasteiger partial charge in [0.15, 0.2) is 0 Å². The molecule has 6 nitrogen and oxygen atoms in total. The van der Waals surface area contributed by atoms with Crippen molar-refractivity contribution in [3.05, 3.63) is 0 Å². The van der Waals surface area contributed by atoms with Crippen LogP contribution in [-0.2, 0) is 19.3 Å². The van der Waals surface area contributed by atoms with Gasteiger partial charge in [-0.05, 0) is 12.8 Å². The number of amides is 1. The molecule has 0 aliphatic carbocycles. The summed E-state index contributed by atoms with van der Waals surface area (Å²) < 4.78 is 18.9. The average Bonchev–Trinajstić information content (AvgIpc) is 2.57. The zero-order valence-electron chi connectivity index (χ0n) is 9.85. The van der Waals surface area contributed by atoms with Crippen molar-refractivity contribution >= 4 is 21.6 Å². The SMILES string of the molecule is CN(C(=O)CCCC(=O)O)C1CCS(=N)(=O)C1. The Morgan fingerprint density at radius 2 is 2.12 bits per heavy atom. The van der Waals surface area contributed by atoms with Crippen LogP contribution in [0.1, 0.15) is 25.7 Å². The summed E-state index contributed by atoms with van der Waals surface area (Å²) in [5.41, 5.74) is 0. The molecule has 1 fully saturated rings. The van der Waals surface area contributed by atoms with Gasteiger partial charge in [0.1, 0.15) is 0 Å². The highest BCUT2D eigenvalue weighted by Gasteiger charge is 2.30. The van der Waals surface area contributed by atoms with E-state index in [0.29, 0.717) is 18.6 Å². The Morgan fingerprint density at radius 3 is 2.59 bits per heavy atom. The minimum atomic E-state index is -2.50. The molecular formula is C10H18N2O4S. The third-order valence-corrected chi connectivity index (χ3v) is 4.78. The highest BCUT2D eigenvalue weighted by molar-refractivity contribution is 7.92. The van der Waals surface area contributed by atoms with Gasteiger partial charge in [0.25, 0.3) is 0 Å². The molecule has 0 aromatic rings. The monoisotopic (exact) mass is 262 g/mol. The van der Waals surface area contributed by atoms with Gasteiger partial charge in [0.2, 0.25) is 5.91 Å².